The van der Waals surface area contributed by atoms with E-state index in [9.17, 15) is 20.0 Å². The van der Waals surface area contributed by atoms with Gasteiger partial charge in [-0.05, 0) is 25.1 Å². The number of rotatable bonds is 7. The molecule has 0 amide bonds. The number of nitrogens with zero attached hydrogens (tertiary/aromatic N) is 3. The zero-order valence-electron chi connectivity index (χ0n) is 14.7. The molecule has 1 unspecified atom stereocenters. The highest BCUT2D eigenvalue weighted by molar-refractivity contribution is 5.44. The van der Waals surface area contributed by atoms with Crippen molar-refractivity contribution < 1.29 is 14.8 Å². The first-order valence-corrected chi connectivity index (χ1v) is 8.35. The van der Waals surface area contributed by atoms with E-state index in [1.165, 1.54) is 27.3 Å². The number of para-hydroxylation sites is 1. The molecule has 0 fully saturated rings. The van der Waals surface area contributed by atoms with E-state index in [0.717, 1.165) is 0 Å². The minimum atomic E-state index is -0.886. The summed E-state index contributed by atoms with van der Waals surface area (Å²) in [5, 5.41) is 21.2. The first-order valence-electron chi connectivity index (χ1n) is 8.35. The second-order valence-electron chi connectivity index (χ2n) is 6.10. The smallest absolute Gasteiger partial charge is 0.333 e. The van der Waals surface area contributed by atoms with E-state index in [-0.39, 0.29) is 24.5 Å². The molecule has 3 rings (SSSR count). The fourth-order valence-electron chi connectivity index (χ4n) is 2.80. The molecule has 27 heavy (non-hydrogen) atoms. The maximum Gasteiger partial charge on any atom is 0.333 e. The second kappa shape index (κ2) is 7.88. The fourth-order valence-corrected chi connectivity index (χ4v) is 2.80. The summed E-state index contributed by atoms with van der Waals surface area (Å²) in [4.78, 5) is 23.1. The lowest BCUT2D eigenvalue weighted by molar-refractivity contribution is -0.384. The highest BCUT2D eigenvalue weighted by Gasteiger charge is 2.15. The quantitative estimate of drug-likeness (QED) is 0.509. The second-order valence-corrected chi connectivity index (χ2v) is 6.10. The van der Waals surface area contributed by atoms with E-state index in [0.29, 0.717) is 17.1 Å². The summed E-state index contributed by atoms with van der Waals surface area (Å²) in [5.41, 5.74) is 0.534. The molecule has 0 radical (unpaired) electrons. The standard InChI is InChI=1S/C19H19N3O5/c1-14-11-20(12-17(23)13-27-18-8-3-2-4-9-18)19(24)21(14)15-6-5-7-16(10-15)22(25)26/h2-11,17,23H,12-13H2,1H3. The Balaban J connectivity index is 1.76. The lowest BCUT2D eigenvalue weighted by atomic mass is 10.3. The Morgan fingerprint density at radius 2 is 1.93 bits per heavy atom. The topological polar surface area (TPSA) is 99.5 Å². The van der Waals surface area contributed by atoms with Crippen LogP contribution in [0.1, 0.15) is 5.69 Å². The molecule has 0 spiro atoms. The maximum absolute atomic E-state index is 12.7. The van der Waals surface area contributed by atoms with Crippen LogP contribution >= 0.6 is 0 Å². The lowest BCUT2D eigenvalue weighted by Gasteiger charge is -2.12. The monoisotopic (exact) mass is 369 g/mol. The summed E-state index contributed by atoms with van der Waals surface area (Å²) in [5.74, 6) is 0.634. The summed E-state index contributed by atoms with van der Waals surface area (Å²) < 4.78 is 8.24. The van der Waals surface area contributed by atoms with Gasteiger partial charge in [0.05, 0.1) is 17.2 Å². The predicted molar refractivity (Wildman–Crippen MR) is 99.4 cm³/mol. The van der Waals surface area contributed by atoms with Crippen molar-refractivity contribution in [2.75, 3.05) is 6.61 Å². The van der Waals surface area contributed by atoms with Crippen LogP contribution in [0.3, 0.4) is 0 Å². The molecule has 1 aromatic heterocycles. The van der Waals surface area contributed by atoms with E-state index in [1.807, 2.05) is 18.2 Å². The number of aromatic nitrogens is 2. The number of benzene rings is 2. The van der Waals surface area contributed by atoms with Gasteiger partial charge in [-0.15, -0.1) is 0 Å². The Morgan fingerprint density at radius 3 is 2.63 bits per heavy atom. The van der Waals surface area contributed by atoms with E-state index >= 15 is 0 Å². The van der Waals surface area contributed by atoms with Gasteiger partial charge in [-0.1, -0.05) is 24.3 Å². The van der Waals surface area contributed by atoms with Crippen molar-refractivity contribution in [1.29, 1.82) is 0 Å². The molecule has 8 nitrogen and oxygen atoms in total. The third-order valence-electron chi connectivity index (χ3n) is 4.02. The fraction of sp³-hybridized carbons (Fsp3) is 0.211. The normalized spacial score (nSPS) is 11.9. The van der Waals surface area contributed by atoms with Gasteiger partial charge in [0, 0.05) is 24.0 Å². The molecule has 0 aliphatic heterocycles. The van der Waals surface area contributed by atoms with Crippen molar-refractivity contribution in [3.05, 3.63) is 87.1 Å². The molecule has 0 saturated heterocycles. The van der Waals surface area contributed by atoms with E-state index in [4.69, 9.17) is 4.74 Å². The van der Waals surface area contributed by atoms with Crippen LogP contribution in [0.4, 0.5) is 5.69 Å². The van der Waals surface area contributed by atoms with Crippen LogP contribution in [-0.4, -0.2) is 31.9 Å². The van der Waals surface area contributed by atoms with E-state index in [2.05, 4.69) is 0 Å². The van der Waals surface area contributed by atoms with Gasteiger partial charge in [0.15, 0.2) is 0 Å². The Labute approximate surface area is 155 Å². The van der Waals surface area contributed by atoms with Crippen LogP contribution < -0.4 is 10.4 Å². The number of nitro groups is 1. The zero-order chi connectivity index (χ0) is 19.4. The van der Waals surface area contributed by atoms with Crippen molar-refractivity contribution in [1.82, 2.24) is 9.13 Å². The number of ether oxygens (including phenoxy) is 1. The molecule has 0 aliphatic rings. The molecule has 1 atom stereocenters. The van der Waals surface area contributed by atoms with Crippen LogP contribution in [0.15, 0.2) is 65.6 Å². The average Bonchev–Trinajstić information content (AvgIpc) is 2.94. The molecule has 1 heterocycles. The number of non-ortho nitro benzene ring substituents is 1. The van der Waals surface area contributed by atoms with Gasteiger partial charge < -0.3 is 9.84 Å². The summed E-state index contributed by atoms with van der Waals surface area (Å²) in [7, 11) is 0. The number of aliphatic hydroxyl groups is 1. The summed E-state index contributed by atoms with van der Waals surface area (Å²) in [6.45, 7) is 1.81. The van der Waals surface area contributed by atoms with Crippen LogP contribution in [0.2, 0.25) is 0 Å². The molecule has 1 N–H and O–H groups in total. The van der Waals surface area contributed by atoms with Crippen molar-refractivity contribution in [2.24, 2.45) is 0 Å². The molecule has 0 bridgehead atoms. The molecule has 8 heteroatoms. The SMILES string of the molecule is Cc1cn(CC(O)COc2ccccc2)c(=O)n1-c1cccc([N+](=O)[O-])c1. The number of hydrogen-bond acceptors (Lipinski definition) is 5. The van der Waals surface area contributed by atoms with Crippen molar-refractivity contribution in [3.8, 4) is 11.4 Å². The number of nitro benzene ring substituents is 1. The Kier molecular flexibility index (Phi) is 5.37. The summed E-state index contributed by atoms with van der Waals surface area (Å²) in [6, 6.07) is 14.9. The van der Waals surface area contributed by atoms with Crippen molar-refractivity contribution in [2.45, 2.75) is 19.6 Å². The molecular weight excluding hydrogens is 350 g/mol. The zero-order valence-corrected chi connectivity index (χ0v) is 14.7. The van der Waals surface area contributed by atoms with Crippen molar-refractivity contribution >= 4 is 5.69 Å². The van der Waals surface area contributed by atoms with Crippen LogP contribution in [-0.2, 0) is 6.54 Å². The highest BCUT2D eigenvalue weighted by Crippen LogP contribution is 2.17. The predicted octanol–water partition coefficient (Wildman–Crippen LogP) is 2.30. The van der Waals surface area contributed by atoms with Gasteiger partial charge in [0.2, 0.25) is 0 Å². The van der Waals surface area contributed by atoms with Gasteiger partial charge >= 0.3 is 5.69 Å². The highest BCUT2D eigenvalue weighted by atomic mass is 16.6. The number of aryl methyl sites for hydroxylation is 1. The van der Waals surface area contributed by atoms with Crippen LogP contribution in [0.5, 0.6) is 5.75 Å². The third-order valence-corrected chi connectivity index (χ3v) is 4.02. The average molecular weight is 369 g/mol. The van der Waals surface area contributed by atoms with Gasteiger partial charge in [0.25, 0.3) is 5.69 Å². The van der Waals surface area contributed by atoms with Crippen LogP contribution in [0, 0.1) is 17.0 Å². The Morgan fingerprint density at radius 1 is 1.19 bits per heavy atom. The Hall–Kier alpha value is -3.39. The number of hydrogen-bond donors (Lipinski definition) is 1. The minimum absolute atomic E-state index is 0.0392. The third kappa shape index (κ3) is 4.24. The van der Waals surface area contributed by atoms with Crippen molar-refractivity contribution in [3.63, 3.8) is 0 Å². The molecule has 0 aliphatic carbocycles. The van der Waals surface area contributed by atoms with Gasteiger partial charge in [-0.3, -0.25) is 19.2 Å². The maximum atomic E-state index is 12.7. The molecule has 0 saturated carbocycles. The first-order chi connectivity index (χ1) is 13.0. The molecule has 3 aromatic rings. The lowest BCUT2D eigenvalue weighted by Crippen LogP contribution is -2.31. The molecular formula is C19H19N3O5. The first kappa shape index (κ1) is 18.4. The Bertz CT molecular complexity index is 994. The number of imidazole rings is 1. The van der Waals surface area contributed by atoms with Gasteiger partial charge in [-0.25, -0.2) is 4.79 Å². The number of aliphatic hydroxyl groups excluding tert-OH is 1. The largest absolute Gasteiger partial charge is 0.491 e. The van der Waals surface area contributed by atoms with Crippen LogP contribution in [0.25, 0.3) is 5.69 Å². The molecule has 140 valence electrons. The van der Waals surface area contributed by atoms with E-state index < -0.39 is 11.0 Å². The minimum Gasteiger partial charge on any atom is -0.491 e. The summed E-state index contributed by atoms with van der Waals surface area (Å²) >= 11 is 0. The van der Waals surface area contributed by atoms with E-state index in [1.54, 1.807) is 31.3 Å². The molecule has 2 aromatic carbocycles. The summed E-state index contributed by atoms with van der Waals surface area (Å²) in [6.07, 6.45) is 0.718. The van der Waals surface area contributed by atoms with Gasteiger partial charge in [0.1, 0.15) is 18.5 Å². The van der Waals surface area contributed by atoms with Gasteiger partial charge in [-0.2, -0.15) is 0 Å².